The van der Waals surface area contributed by atoms with Crippen LogP contribution < -0.4 is 0 Å². The Morgan fingerprint density at radius 1 is 1.39 bits per heavy atom. The molecule has 2 aromatic rings. The maximum absolute atomic E-state index is 12.7. The number of aromatic nitrogens is 1. The lowest BCUT2D eigenvalue weighted by molar-refractivity contribution is 0.0736. The van der Waals surface area contributed by atoms with Gasteiger partial charge in [0.1, 0.15) is 11.8 Å². The number of nitrogens with zero attached hydrogens (tertiary/aromatic N) is 3. The van der Waals surface area contributed by atoms with Gasteiger partial charge < -0.3 is 9.47 Å². The van der Waals surface area contributed by atoms with Crippen LogP contribution in [0.3, 0.4) is 0 Å². The number of aryl methyl sites for hydroxylation is 1. The molecule has 1 aromatic carbocycles. The monoisotopic (exact) mass is 329 g/mol. The molecule has 1 aliphatic heterocycles. The first-order chi connectivity index (χ1) is 10.8. The minimum absolute atomic E-state index is 0.121. The predicted molar refractivity (Wildman–Crippen MR) is 83.5 cm³/mol. The van der Waals surface area contributed by atoms with Gasteiger partial charge in [-0.05, 0) is 17.7 Å². The predicted octanol–water partition coefficient (Wildman–Crippen LogP) is 1.50. The van der Waals surface area contributed by atoms with Crippen LogP contribution in [0.1, 0.15) is 27.7 Å². The highest BCUT2D eigenvalue weighted by atomic mass is 32.2. The fraction of sp³-hybridized carbons (Fsp3) is 0.250. The number of carbonyl (C=O) groups is 1. The summed E-state index contributed by atoms with van der Waals surface area (Å²) in [5, 5.41) is 8.94. The highest BCUT2D eigenvalue weighted by molar-refractivity contribution is 7.91. The number of hydrogen-bond acceptors (Lipinski definition) is 4. The van der Waals surface area contributed by atoms with E-state index in [2.05, 4.69) is 0 Å². The molecular weight excluding hydrogens is 314 g/mol. The Bertz CT molecular complexity index is 938. The number of sulfone groups is 1. The summed E-state index contributed by atoms with van der Waals surface area (Å²) in [6.07, 6.45) is 1.57. The zero-order valence-electron chi connectivity index (χ0n) is 12.7. The Balaban J connectivity index is 1.98. The van der Waals surface area contributed by atoms with Crippen LogP contribution in [0.25, 0.3) is 0 Å². The van der Waals surface area contributed by atoms with Crippen molar-refractivity contribution in [2.45, 2.75) is 10.9 Å². The van der Waals surface area contributed by atoms with Crippen molar-refractivity contribution in [3.8, 4) is 6.07 Å². The topological polar surface area (TPSA) is 83.2 Å². The summed E-state index contributed by atoms with van der Waals surface area (Å²) in [6, 6.07) is 9.72. The molecule has 1 unspecified atom stereocenters. The fourth-order valence-corrected chi connectivity index (χ4v) is 4.75. The van der Waals surface area contributed by atoms with Crippen molar-refractivity contribution < 1.29 is 13.2 Å². The van der Waals surface area contributed by atoms with E-state index < -0.39 is 15.9 Å². The molecule has 6 nitrogen and oxygen atoms in total. The third kappa shape index (κ3) is 2.41. The van der Waals surface area contributed by atoms with Crippen molar-refractivity contribution >= 4 is 15.7 Å². The highest BCUT2D eigenvalue weighted by Crippen LogP contribution is 2.36. The van der Waals surface area contributed by atoms with Crippen molar-refractivity contribution in [1.82, 2.24) is 9.47 Å². The summed E-state index contributed by atoms with van der Waals surface area (Å²) in [6.45, 7) is 0. The second kappa shape index (κ2) is 5.25. The van der Waals surface area contributed by atoms with E-state index in [0.29, 0.717) is 16.8 Å². The Morgan fingerprint density at radius 2 is 2.09 bits per heavy atom. The van der Waals surface area contributed by atoms with Crippen molar-refractivity contribution in [2.24, 2.45) is 7.05 Å². The molecule has 0 spiro atoms. The maximum atomic E-state index is 12.7. The molecule has 0 saturated carbocycles. The summed E-state index contributed by atoms with van der Waals surface area (Å²) in [5.41, 5.74) is 1.38. The molecule has 0 N–H and O–H groups in total. The van der Waals surface area contributed by atoms with Gasteiger partial charge in [0.25, 0.3) is 5.91 Å². The zero-order chi connectivity index (χ0) is 16.8. The summed E-state index contributed by atoms with van der Waals surface area (Å²) in [4.78, 5) is 14.4. The highest BCUT2D eigenvalue weighted by Gasteiger charge is 2.38. The number of hydrogen-bond donors (Lipinski definition) is 0. The number of fused-ring (bicyclic) bond motifs is 1. The van der Waals surface area contributed by atoms with Crippen LogP contribution in [0.4, 0.5) is 0 Å². The summed E-state index contributed by atoms with van der Waals surface area (Å²) < 4.78 is 26.1. The van der Waals surface area contributed by atoms with Crippen molar-refractivity contribution in [3.63, 3.8) is 0 Å². The minimum atomic E-state index is -3.38. The average Bonchev–Trinajstić information content (AvgIpc) is 3.04. The van der Waals surface area contributed by atoms with Gasteiger partial charge >= 0.3 is 0 Å². The van der Waals surface area contributed by atoms with E-state index in [-0.39, 0.29) is 16.6 Å². The van der Waals surface area contributed by atoms with Gasteiger partial charge in [-0.1, -0.05) is 18.2 Å². The molecule has 3 rings (SSSR count). The van der Waals surface area contributed by atoms with E-state index >= 15 is 0 Å². The molecule has 23 heavy (non-hydrogen) atoms. The standard InChI is InChI=1S/C16H15N3O3S/c1-18-9-11(8-17)7-13(18)16(20)19(2)14-10-23(21,22)15-6-4-3-5-12(14)15/h3-7,9,14H,10H2,1-2H3. The van der Waals surface area contributed by atoms with Gasteiger partial charge in [0, 0.05) is 20.3 Å². The van der Waals surface area contributed by atoms with Crippen LogP contribution in [0.5, 0.6) is 0 Å². The van der Waals surface area contributed by atoms with Crippen LogP contribution in [0.15, 0.2) is 41.4 Å². The molecular formula is C16H15N3O3S. The third-order valence-corrected chi connectivity index (χ3v) is 5.93. The van der Waals surface area contributed by atoms with E-state index in [0.717, 1.165) is 0 Å². The zero-order valence-corrected chi connectivity index (χ0v) is 13.5. The van der Waals surface area contributed by atoms with Crippen LogP contribution in [0, 0.1) is 11.3 Å². The number of rotatable bonds is 2. The SMILES string of the molecule is CN(C(=O)c1cc(C#N)cn1C)C1CS(=O)(=O)c2ccccc21. The lowest BCUT2D eigenvalue weighted by Crippen LogP contribution is -2.33. The maximum Gasteiger partial charge on any atom is 0.270 e. The first-order valence-electron chi connectivity index (χ1n) is 7.00. The van der Waals surface area contributed by atoms with Crippen LogP contribution in [0.2, 0.25) is 0 Å². The first kappa shape index (κ1) is 15.3. The Morgan fingerprint density at radius 3 is 2.74 bits per heavy atom. The molecule has 0 bridgehead atoms. The van der Waals surface area contributed by atoms with Gasteiger partial charge in [-0.3, -0.25) is 4.79 Å². The second-order valence-corrected chi connectivity index (χ2v) is 7.59. The van der Waals surface area contributed by atoms with Gasteiger partial charge in [0.2, 0.25) is 0 Å². The van der Waals surface area contributed by atoms with E-state index in [1.165, 1.54) is 11.0 Å². The molecule has 0 fully saturated rings. The fourth-order valence-electron chi connectivity index (χ4n) is 2.91. The van der Waals surface area contributed by atoms with Gasteiger partial charge in [-0.25, -0.2) is 8.42 Å². The molecule has 1 aliphatic rings. The summed E-state index contributed by atoms with van der Waals surface area (Å²) in [5.74, 6) is -0.435. The van der Waals surface area contributed by atoms with E-state index in [4.69, 9.17) is 5.26 Å². The summed E-state index contributed by atoms with van der Waals surface area (Å²) >= 11 is 0. The smallest absolute Gasteiger partial charge is 0.270 e. The molecule has 118 valence electrons. The largest absolute Gasteiger partial charge is 0.345 e. The summed E-state index contributed by atoms with van der Waals surface area (Å²) in [7, 11) is -0.109. The number of amides is 1. The van der Waals surface area contributed by atoms with Gasteiger partial charge in [0.05, 0.1) is 22.3 Å². The minimum Gasteiger partial charge on any atom is -0.345 e. The number of carbonyl (C=O) groups excluding carboxylic acids is 1. The van der Waals surface area contributed by atoms with E-state index in [1.54, 1.807) is 49.1 Å². The van der Waals surface area contributed by atoms with Gasteiger partial charge in [-0.2, -0.15) is 5.26 Å². The number of nitriles is 1. The van der Waals surface area contributed by atoms with Gasteiger partial charge in [0.15, 0.2) is 9.84 Å². The second-order valence-electron chi connectivity index (χ2n) is 5.59. The lowest BCUT2D eigenvalue weighted by atomic mass is 10.1. The molecule has 0 radical (unpaired) electrons. The molecule has 1 aromatic heterocycles. The molecule has 2 heterocycles. The molecule has 7 heteroatoms. The van der Waals surface area contributed by atoms with E-state index in [9.17, 15) is 13.2 Å². The molecule has 1 amide bonds. The molecule has 1 atom stereocenters. The quantitative estimate of drug-likeness (QED) is 0.836. The van der Waals surface area contributed by atoms with Crippen LogP contribution in [-0.2, 0) is 16.9 Å². The Labute approximate surface area is 134 Å². The van der Waals surface area contributed by atoms with Crippen molar-refractivity contribution in [2.75, 3.05) is 12.8 Å². The van der Waals surface area contributed by atoms with Crippen molar-refractivity contribution in [3.05, 3.63) is 53.3 Å². The normalized spacial score (nSPS) is 18.2. The first-order valence-corrected chi connectivity index (χ1v) is 8.65. The van der Waals surface area contributed by atoms with Crippen molar-refractivity contribution in [1.29, 1.82) is 5.26 Å². The Kier molecular flexibility index (Phi) is 3.49. The third-order valence-electron chi connectivity index (χ3n) is 4.13. The van der Waals surface area contributed by atoms with E-state index in [1.807, 2.05) is 6.07 Å². The molecule has 0 aliphatic carbocycles. The average molecular weight is 329 g/mol. The molecule has 0 saturated heterocycles. The van der Waals surface area contributed by atoms with Gasteiger partial charge in [-0.15, -0.1) is 0 Å². The number of benzene rings is 1. The Hall–Kier alpha value is -2.59. The van der Waals surface area contributed by atoms with Crippen LogP contribution >= 0.6 is 0 Å². The van der Waals surface area contributed by atoms with Crippen LogP contribution in [-0.4, -0.2) is 36.6 Å². The lowest BCUT2D eigenvalue weighted by Gasteiger charge is -2.24.